The first-order valence-corrected chi connectivity index (χ1v) is 8.28. The quantitative estimate of drug-likeness (QED) is 0.767. The number of hydrogen-bond acceptors (Lipinski definition) is 4. The number of halogens is 1. The Balaban J connectivity index is 1.81. The average Bonchev–Trinajstić information content (AvgIpc) is 2.97. The van der Waals surface area contributed by atoms with Crippen LogP contribution in [-0.4, -0.2) is 50.5 Å². The van der Waals surface area contributed by atoms with Crippen molar-refractivity contribution in [1.29, 1.82) is 0 Å². The third-order valence-corrected chi connectivity index (χ3v) is 4.87. The highest BCUT2D eigenvalue weighted by atomic mass is 19.1. The Morgan fingerprint density at radius 2 is 2.16 bits per heavy atom. The van der Waals surface area contributed by atoms with Crippen molar-refractivity contribution in [2.45, 2.75) is 32.4 Å². The molecule has 1 fully saturated rings. The lowest BCUT2D eigenvalue weighted by molar-refractivity contribution is -0.163. The molecule has 7 heteroatoms. The first kappa shape index (κ1) is 17.6. The van der Waals surface area contributed by atoms with Crippen molar-refractivity contribution in [3.05, 3.63) is 53.1 Å². The topological polar surface area (TPSA) is 89.4 Å². The summed E-state index contributed by atoms with van der Waals surface area (Å²) >= 11 is 0. The van der Waals surface area contributed by atoms with E-state index in [2.05, 4.69) is 10.2 Å². The van der Waals surface area contributed by atoms with E-state index in [0.29, 0.717) is 25.1 Å². The molecule has 2 heterocycles. The van der Waals surface area contributed by atoms with Gasteiger partial charge in [0.25, 0.3) is 0 Å². The van der Waals surface area contributed by atoms with E-state index in [0.717, 1.165) is 11.4 Å². The number of aliphatic hydroxyl groups excluding tert-OH is 1. The average molecular weight is 347 g/mol. The van der Waals surface area contributed by atoms with Gasteiger partial charge in [-0.2, -0.15) is 5.10 Å². The zero-order chi connectivity index (χ0) is 18.0. The molecular formula is C18H22FN3O3. The first-order chi connectivity index (χ1) is 11.9. The minimum Gasteiger partial charge on any atom is -0.481 e. The van der Waals surface area contributed by atoms with Gasteiger partial charge in [-0.1, -0.05) is 12.1 Å². The summed E-state index contributed by atoms with van der Waals surface area (Å²) in [5.74, 6) is -1.40. The van der Waals surface area contributed by atoms with Crippen molar-refractivity contribution < 1.29 is 19.4 Å². The Morgan fingerprint density at radius 3 is 2.76 bits per heavy atom. The third-order valence-electron chi connectivity index (χ3n) is 4.87. The Labute approximate surface area is 145 Å². The predicted molar refractivity (Wildman–Crippen MR) is 89.4 cm³/mol. The number of aliphatic carboxylic acids is 1. The number of hydrogen-bond donors (Lipinski definition) is 3. The number of nitrogens with zero attached hydrogens (tertiary/aromatic N) is 2. The largest absolute Gasteiger partial charge is 0.481 e. The summed E-state index contributed by atoms with van der Waals surface area (Å²) in [5, 5.41) is 27.4. The summed E-state index contributed by atoms with van der Waals surface area (Å²) < 4.78 is 13.1. The van der Waals surface area contributed by atoms with Crippen LogP contribution in [0.25, 0.3) is 0 Å². The van der Waals surface area contributed by atoms with Gasteiger partial charge in [-0.15, -0.1) is 0 Å². The van der Waals surface area contributed by atoms with Crippen molar-refractivity contribution in [3.63, 3.8) is 0 Å². The van der Waals surface area contributed by atoms with Crippen LogP contribution in [0, 0.1) is 18.2 Å². The van der Waals surface area contributed by atoms with Crippen LogP contribution in [-0.2, 0) is 17.8 Å². The van der Waals surface area contributed by atoms with Gasteiger partial charge in [0.15, 0.2) is 0 Å². The van der Waals surface area contributed by atoms with Crippen LogP contribution in [0.2, 0.25) is 0 Å². The summed E-state index contributed by atoms with van der Waals surface area (Å²) in [4.78, 5) is 14.1. The van der Waals surface area contributed by atoms with Gasteiger partial charge in [0.05, 0.1) is 11.8 Å². The second kappa shape index (κ2) is 6.93. The van der Waals surface area contributed by atoms with Gasteiger partial charge in [0, 0.05) is 25.3 Å². The molecule has 2 atom stereocenters. The minimum atomic E-state index is -1.32. The summed E-state index contributed by atoms with van der Waals surface area (Å²) in [6.45, 7) is 3.25. The zero-order valence-corrected chi connectivity index (χ0v) is 14.1. The second-order valence-corrected chi connectivity index (χ2v) is 6.82. The first-order valence-electron chi connectivity index (χ1n) is 8.28. The Bertz CT molecular complexity index is 746. The van der Waals surface area contributed by atoms with Gasteiger partial charge >= 0.3 is 5.97 Å². The van der Waals surface area contributed by atoms with Gasteiger partial charge in [0.1, 0.15) is 11.2 Å². The van der Waals surface area contributed by atoms with E-state index in [4.69, 9.17) is 0 Å². The lowest BCUT2D eigenvalue weighted by Gasteiger charge is -2.43. The molecule has 0 bridgehead atoms. The number of aromatic nitrogens is 2. The van der Waals surface area contributed by atoms with E-state index in [9.17, 15) is 19.4 Å². The Morgan fingerprint density at radius 1 is 1.44 bits per heavy atom. The molecule has 1 aliphatic rings. The van der Waals surface area contributed by atoms with Gasteiger partial charge in [0.2, 0.25) is 0 Å². The van der Waals surface area contributed by atoms with Crippen molar-refractivity contribution in [2.24, 2.45) is 5.41 Å². The van der Waals surface area contributed by atoms with Gasteiger partial charge in [-0.25, -0.2) is 4.39 Å². The van der Waals surface area contributed by atoms with Crippen molar-refractivity contribution in [1.82, 2.24) is 15.1 Å². The molecule has 0 saturated carbocycles. The summed E-state index contributed by atoms with van der Waals surface area (Å²) in [7, 11) is 0. The standard InChI is InChI=1S/C18H22FN3O3/c1-12-8-15(21-20-12)10-22-7-6-16(23)18(11-22,17(24)25)9-13-2-4-14(19)5-3-13/h2-5,8,16,23H,6-7,9-11H2,1H3,(H,20,21)(H,24,25)/t16-,18-/m1/s1. The number of carbonyl (C=O) groups is 1. The molecule has 25 heavy (non-hydrogen) atoms. The molecule has 0 unspecified atom stereocenters. The number of piperidine rings is 1. The molecule has 0 aliphatic carbocycles. The number of H-pyrrole nitrogens is 1. The number of benzene rings is 1. The number of aryl methyl sites for hydroxylation is 1. The SMILES string of the molecule is Cc1cc(CN2CC[C@@H](O)[C@](Cc3ccc(F)cc3)(C(=O)O)C2)n[nH]1. The lowest BCUT2D eigenvalue weighted by atomic mass is 9.73. The highest BCUT2D eigenvalue weighted by Crippen LogP contribution is 2.35. The molecule has 1 aromatic carbocycles. The molecule has 0 radical (unpaired) electrons. The molecule has 1 saturated heterocycles. The van der Waals surface area contributed by atoms with E-state index in [-0.39, 0.29) is 18.8 Å². The van der Waals surface area contributed by atoms with E-state index in [1.807, 2.05) is 17.9 Å². The van der Waals surface area contributed by atoms with E-state index in [1.54, 1.807) is 12.1 Å². The Hall–Kier alpha value is -2.25. The fraction of sp³-hybridized carbons (Fsp3) is 0.444. The van der Waals surface area contributed by atoms with Crippen LogP contribution in [0.4, 0.5) is 4.39 Å². The van der Waals surface area contributed by atoms with Gasteiger partial charge < -0.3 is 10.2 Å². The molecule has 3 N–H and O–H groups in total. The zero-order valence-electron chi connectivity index (χ0n) is 14.1. The normalized spacial score (nSPS) is 24.4. The number of nitrogens with one attached hydrogen (secondary N) is 1. The highest BCUT2D eigenvalue weighted by Gasteiger charge is 2.49. The minimum absolute atomic E-state index is 0.153. The van der Waals surface area contributed by atoms with Crippen molar-refractivity contribution in [2.75, 3.05) is 13.1 Å². The molecule has 134 valence electrons. The summed E-state index contributed by atoms with van der Waals surface area (Å²) in [6.07, 6.45) is -0.427. The molecule has 1 aromatic heterocycles. The van der Waals surface area contributed by atoms with E-state index >= 15 is 0 Å². The maximum Gasteiger partial charge on any atom is 0.313 e. The smallest absolute Gasteiger partial charge is 0.313 e. The van der Waals surface area contributed by atoms with Crippen LogP contribution in [0.15, 0.2) is 30.3 Å². The van der Waals surface area contributed by atoms with E-state index < -0.39 is 17.5 Å². The van der Waals surface area contributed by atoms with Gasteiger partial charge in [-0.3, -0.25) is 14.8 Å². The number of rotatable bonds is 5. The molecular weight excluding hydrogens is 325 g/mol. The number of likely N-dealkylation sites (tertiary alicyclic amines) is 1. The van der Waals surface area contributed by atoms with Crippen molar-refractivity contribution >= 4 is 5.97 Å². The summed E-state index contributed by atoms with van der Waals surface area (Å²) in [6, 6.07) is 7.69. The maximum absolute atomic E-state index is 13.1. The fourth-order valence-electron chi connectivity index (χ4n) is 3.51. The Kier molecular flexibility index (Phi) is 4.87. The number of aromatic amines is 1. The molecule has 2 aromatic rings. The highest BCUT2D eigenvalue weighted by molar-refractivity contribution is 5.76. The number of carboxylic acids is 1. The lowest BCUT2D eigenvalue weighted by Crippen LogP contribution is -2.56. The number of aliphatic hydroxyl groups is 1. The molecule has 0 spiro atoms. The van der Waals surface area contributed by atoms with Gasteiger partial charge in [-0.05, 0) is 43.5 Å². The monoisotopic (exact) mass is 347 g/mol. The third kappa shape index (κ3) is 3.72. The van der Waals surface area contributed by atoms with E-state index in [1.165, 1.54) is 12.1 Å². The molecule has 0 amide bonds. The molecule has 1 aliphatic heterocycles. The molecule has 3 rings (SSSR count). The molecule has 6 nitrogen and oxygen atoms in total. The fourth-order valence-corrected chi connectivity index (χ4v) is 3.51. The maximum atomic E-state index is 13.1. The van der Waals surface area contributed by atoms with Crippen LogP contribution >= 0.6 is 0 Å². The predicted octanol–water partition coefficient (Wildman–Crippen LogP) is 1.74. The van der Waals surface area contributed by atoms with Crippen LogP contribution in [0.3, 0.4) is 0 Å². The van der Waals surface area contributed by atoms with Crippen LogP contribution in [0.5, 0.6) is 0 Å². The van der Waals surface area contributed by atoms with Crippen LogP contribution < -0.4 is 0 Å². The summed E-state index contributed by atoms with van der Waals surface area (Å²) in [5.41, 5.74) is 1.17. The number of carboxylic acid groups (broad SMARTS) is 1. The van der Waals surface area contributed by atoms with Crippen LogP contribution in [0.1, 0.15) is 23.4 Å². The van der Waals surface area contributed by atoms with Crippen molar-refractivity contribution in [3.8, 4) is 0 Å². The second-order valence-electron chi connectivity index (χ2n) is 6.82.